The Hall–Kier alpha value is -2.47. The topological polar surface area (TPSA) is 66.7 Å². The Balaban J connectivity index is 0.000000271. The van der Waals surface area contributed by atoms with Crippen LogP contribution in [0.3, 0.4) is 0 Å². The molecule has 208 valence electrons. The summed E-state index contributed by atoms with van der Waals surface area (Å²) in [5, 5.41) is 2.71. The van der Waals surface area contributed by atoms with Crippen LogP contribution in [0, 0.1) is 30.6 Å². The van der Waals surface area contributed by atoms with E-state index in [0.717, 1.165) is 42.0 Å². The molecule has 4 rings (SSSR count). The maximum absolute atomic E-state index is 11.1. The van der Waals surface area contributed by atoms with E-state index in [2.05, 4.69) is 42.7 Å². The lowest BCUT2D eigenvalue weighted by Gasteiger charge is -2.29. The van der Waals surface area contributed by atoms with E-state index in [-0.39, 0.29) is 5.78 Å². The number of nitrogens with one attached hydrogen (secondary N) is 1. The van der Waals surface area contributed by atoms with Crippen LogP contribution in [0.25, 0.3) is 5.65 Å². The number of likely N-dealkylation sites (tertiary alicyclic amines) is 1. The Morgan fingerprint density at radius 1 is 1.32 bits per heavy atom. The average Bonchev–Trinajstić information content (AvgIpc) is 3.47. The lowest BCUT2D eigenvalue weighted by atomic mass is 9.94. The van der Waals surface area contributed by atoms with Crippen LogP contribution in [-0.2, 0) is 4.79 Å². The monoisotopic (exact) mass is 512 g/mol. The van der Waals surface area contributed by atoms with E-state index < -0.39 is 0 Å². The van der Waals surface area contributed by atoms with Crippen LogP contribution in [0.1, 0.15) is 89.3 Å². The number of rotatable bonds is 9. The number of piperidine rings is 1. The highest BCUT2D eigenvalue weighted by atomic mass is 16.1. The van der Waals surface area contributed by atoms with Crippen LogP contribution in [-0.4, -0.2) is 53.2 Å². The van der Waals surface area contributed by atoms with Gasteiger partial charge in [0.05, 0.1) is 0 Å². The number of fused-ring (bicyclic) bond motifs is 1. The number of carbonyl (C=O) groups excluding carboxylic acids is 2. The Morgan fingerprint density at radius 2 is 2.05 bits per heavy atom. The summed E-state index contributed by atoms with van der Waals surface area (Å²) in [4.78, 5) is 27.7. The molecular weight excluding hydrogens is 460 g/mol. The highest BCUT2D eigenvalue weighted by molar-refractivity contribution is 5.92. The summed E-state index contributed by atoms with van der Waals surface area (Å²) in [5.74, 6) is 3.20. The van der Waals surface area contributed by atoms with E-state index >= 15 is 0 Å². The predicted molar refractivity (Wildman–Crippen MR) is 156 cm³/mol. The summed E-state index contributed by atoms with van der Waals surface area (Å²) in [6, 6.07) is 5.81. The number of Topliss-reactive ketones (excluding diaryl/α,β-unsaturated/α-hetero) is 1. The van der Waals surface area contributed by atoms with Gasteiger partial charge >= 0.3 is 0 Å². The van der Waals surface area contributed by atoms with Crippen molar-refractivity contribution in [3.8, 4) is 0 Å². The SMILES string of the molecule is C=CC1CC1CC(C)CNC=O.CC.CC(=O)c1cn2c(C)cccc2n1.CCCC1CCCN(C)C1. The minimum atomic E-state index is 0.00287. The fourth-order valence-electron chi connectivity index (χ4n) is 4.92. The second-order valence-electron chi connectivity index (χ2n) is 10.4. The summed E-state index contributed by atoms with van der Waals surface area (Å²) >= 11 is 0. The van der Waals surface area contributed by atoms with E-state index in [1.54, 1.807) is 6.20 Å². The van der Waals surface area contributed by atoms with Crippen molar-refractivity contribution in [1.29, 1.82) is 0 Å². The fraction of sp³-hybridized carbons (Fsp3) is 0.645. The van der Waals surface area contributed by atoms with Crippen LogP contribution < -0.4 is 5.32 Å². The van der Waals surface area contributed by atoms with E-state index in [4.69, 9.17) is 0 Å². The minimum Gasteiger partial charge on any atom is -0.358 e. The minimum absolute atomic E-state index is 0.00287. The quantitative estimate of drug-likeness (QED) is 0.234. The highest BCUT2D eigenvalue weighted by Crippen LogP contribution is 2.43. The van der Waals surface area contributed by atoms with Crippen LogP contribution in [0.5, 0.6) is 0 Å². The Labute approximate surface area is 225 Å². The Bertz CT molecular complexity index is 936. The summed E-state index contributed by atoms with van der Waals surface area (Å²) < 4.78 is 1.91. The largest absolute Gasteiger partial charge is 0.358 e. The Kier molecular flexibility index (Phi) is 15.7. The fourth-order valence-corrected chi connectivity index (χ4v) is 4.92. The normalized spacial score (nSPS) is 21.1. The van der Waals surface area contributed by atoms with Crippen molar-refractivity contribution in [2.24, 2.45) is 23.7 Å². The van der Waals surface area contributed by atoms with E-state index in [1.807, 2.05) is 49.4 Å². The molecule has 4 atom stereocenters. The number of pyridine rings is 1. The molecule has 2 aliphatic rings. The number of ketones is 1. The summed E-state index contributed by atoms with van der Waals surface area (Å²) in [6.07, 6.45) is 12.8. The van der Waals surface area contributed by atoms with Gasteiger partial charge in [-0.05, 0) is 88.4 Å². The second kappa shape index (κ2) is 17.9. The molecular formula is C31H52N4O2. The first-order valence-corrected chi connectivity index (χ1v) is 14.2. The molecule has 0 bridgehead atoms. The molecule has 1 N–H and O–H groups in total. The van der Waals surface area contributed by atoms with Gasteiger partial charge in [0.1, 0.15) is 11.3 Å². The van der Waals surface area contributed by atoms with Gasteiger partial charge in [-0.3, -0.25) is 9.59 Å². The molecule has 0 aromatic carbocycles. The maximum atomic E-state index is 11.1. The van der Waals surface area contributed by atoms with Crippen molar-refractivity contribution in [3.63, 3.8) is 0 Å². The van der Waals surface area contributed by atoms with E-state index in [1.165, 1.54) is 58.5 Å². The average molecular weight is 513 g/mol. The van der Waals surface area contributed by atoms with Crippen molar-refractivity contribution >= 4 is 17.8 Å². The maximum Gasteiger partial charge on any atom is 0.207 e. The molecule has 37 heavy (non-hydrogen) atoms. The zero-order chi connectivity index (χ0) is 27.8. The molecule has 3 heterocycles. The molecule has 1 saturated heterocycles. The molecule has 2 aromatic rings. The van der Waals surface area contributed by atoms with Gasteiger partial charge in [-0.25, -0.2) is 4.98 Å². The van der Waals surface area contributed by atoms with Crippen molar-refractivity contribution < 1.29 is 9.59 Å². The number of nitrogens with zero attached hydrogens (tertiary/aromatic N) is 3. The van der Waals surface area contributed by atoms with Gasteiger partial charge in [-0.15, -0.1) is 6.58 Å². The number of amides is 1. The number of hydrogen-bond donors (Lipinski definition) is 1. The first-order valence-electron chi connectivity index (χ1n) is 14.2. The van der Waals surface area contributed by atoms with Crippen molar-refractivity contribution in [2.75, 3.05) is 26.7 Å². The van der Waals surface area contributed by atoms with Gasteiger partial charge < -0.3 is 14.6 Å². The lowest BCUT2D eigenvalue weighted by Crippen LogP contribution is -2.31. The number of imidazole rings is 1. The first-order chi connectivity index (χ1) is 17.8. The van der Waals surface area contributed by atoms with Crippen LogP contribution in [0.15, 0.2) is 37.1 Å². The number of aryl methyl sites for hydroxylation is 1. The smallest absolute Gasteiger partial charge is 0.207 e. The molecule has 6 heteroatoms. The zero-order valence-corrected chi connectivity index (χ0v) is 24.5. The molecule has 1 aliphatic heterocycles. The summed E-state index contributed by atoms with van der Waals surface area (Å²) in [7, 11) is 2.24. The molecule has 1 amide bonds. The number of aromatic nitrogens is 2. The van der Waals surface area contributed by atoms with Crippen molar-refractivity contribution in [3.05, 3.63) is 48.4 Å². The summed E-state index contributed by atoms with van der Waals surface area (Å²) in [6.45, 7) is 19.2. The zero-order valence-electron chi connectivity index (χ0n) is 24.5. The highest BCUT2D eigenvalue weighted by Gasteiger charge is 2.34. The third kappa shape index (κ3) is 12.1. The predicted octanol–water partition coefficient (Wildman–Crippen LogP) is 6.58. The van der Waals surface area contributed by atoms with Gasteiger partial charge in [0, 0.05) is 31.9 Å². The van der Waals surface area contributed by atoms with E-state index in [0.29, 0.717) is 11.6 Å². The number of hydrogen-bond acceptors (Lipinski definition) is 4. The van der Waals surface area contributed by atoms with Crippen LogP contribution in [0.4, 0.5) is 0 Å². The molecule has 6 nitrogen and oxygen atoms in total. The molecule has 1 aliphatic carbocycles. The summed E-state index contributed by atoms with van der Waals surface area (Å²) in [5.41, 5.74) is 2.43. The number of carbonyl (C=O) groups is 2. The molecule has 2 fully saturated rings. The van der Waals surface area contributed by atoms with Gasteiger partial charge in [-0.1, -0.05) is 46.3 Å². The third-order valence-electron chi connectivity index (χ3n) is 7.01. The Morgan fingerprint density at radius 3 is 2.59 bits per heavy atom. The standard InChI is InChI=1S/C10H10N2O.C10H17NO.C9H19N.C2H6/c1-7-4-3-5-10-11-9(8(2)13)6-12(7)10;1-3-9-5-10(9)4-8(2)6-11-7-12;1-3-5-9-6-4-7-10(2)8-9;1-2/h3-6H,1-2H3;3,7-10H,1,4-6H2,2H3,(H,11,12);9H,3-8H2,1-2H3;1-2H3. The van der Waals surface area contributed by atoms with Crippen molar-refractivity contribution in [2.45, 2.75) is 80.1 Å². The third-order valence-corrected chi connectivity index (χ3v) is 7.01. The van der Waals surface area contributed by atoms with Gasteiger partial charge in [-0.2, -0.15) is 0 Å². The molecule has 1 saturated carbocycles. The molecule has 4 unspecified atom stereocenters. The van der Waals surface area contributed by atoms with Gasteiger partial charge in [0.2, 0.25) is 6.41 Å². The first kappa shape index (κ1) is 32.6. The number of allylic oxidation sites excluding steroid dienone is 1. The second-order valence-corrected chi connectivity index (χ2v) is 10.4. The lowest BCUT2D eigenvalue weighted by molar-refractivity contribution is -0.109. The molecule has 2 aromatic heterocycles. The van der Waals surface area contributed by atoms with E-state index in [9.17, 15) is 9.59 Å². The van der Waals surface area contributed by atoms with Crippen molar-refractivity contribution in [1.82, 2.24) is 19.6 Å². The van der Waals surface area contributed by atoms with Gasteiger partial charge in [0.25, 0.3) is 0 Å². The van der Waals surface area contributed by atoms with Crippen LogP contribution >= 0.6 is 0 Å². The van der Waals surface area contributed by atoms with Crippen LogP contribution in [0.2, 0.25) is 0 Å². The molecule has 0 spiro atoms. The van der Waals surface area contributed by atoms with Gasteiger partial charge in [0.15, 0.2) is 5.78 Å². The molecule has 0 radical (unpaired) electrons.